The van der Waals surface area contributed by atoms with E-state index in [1.165, 1.54) is 6.07 Å². The monoisotopic (exact) mass is 220 g/mol. The fourth-order valence-electron chi connectivity index (χ4n) is 1.57. The van der Waals surface area contributed by atoms with Crippen molar-refractivity contribution in [1.82, 2.24) is 0 Å². The van der Waals surface area contributed by atoms with E-state index in [1.54, 1.807) is 12.1 Å². The highest BCUT2D eigenvalue weighted by atomic mass is 16.1. The molecule has 0 radical (unpaired) electrons. The topological polar surface area (TPSA) is 86.2 Å². The first-order valence-corrected chi connectivity index (χ1v) is 5.13. The number of carbonyl (C=O) groups excluding carboxylic acids is 2. The van der Waals surface area contributed by atoms with Gasteiger partial charge in [-0.25, -0.2) is 0 Å². The van der Waals surface area contributed by atoms with Crippen LogP contribution in [0.25, 0.3) is 0 Å². The summed E-state index contributed by atoms with van der Waals surface area (Å²) < 4.78 is 0. The maximum atomic E-state index is 11.1. The van der Waals surface area contributed by atoms with E-state index in [2.05, 4.69) is 13.8 Å². The molecule has 0 spiro atoms. The number of amides is 2. The Hall–Kier alpha value is -1.84. The smallest absolute Gasteiger partial charge is 0.248 e. The summed E-state index contributed by atoms with van der Waals surface area (Å²) in [5, 5.41) is 0. The van der Waals surface area contributed by atoms with Crippen LogP contribution in [-0.2, 0) is 6.42 Å². The number of carbonyl (C=O) groups is 2. The van der Waals surface area contributed by atoms with Gasteiger partial charge in [0.15, 0.2) is 0 Å². The second-order valence-electron chi connectivity index (χ2n) is 4.25. The maximum absolute atomic E-state index is 11.1. The van der Waals surface area contributed by atoms with E-state index in [0.29, 0.717) is 17.0 Å². The summed E-state index contributed by atoms with van der Waals surface area (Å²) in [6.07, 6.45) is 0.779. The molecule has 1 aromatic carbocycles. The molecular weight excluding hydrogens is 204 g/mol. The molecule has 4 heteroatoms. The largest absolute Gasteiger partial charge is 0.366 e. The van der Waals surface area contributed by atoms with Gasteiger partial charge in [-0.15, -0.1) is 0 Å². The molecule has 0 fully saturated rings. The second kappa shape index (κ2) is 4.79. The number of rotatable bonds is 4. The molecule has 4 nitrogen and oxygen atoms in total. The first-order chi connectivity index (χ1) is 7.40. The molecule has 0 saturated heterocycles. The number of benzene rings is 1. The van der Waals surface area contributed by atoms with Gasteiger partial charge in [0, 0.05) is 11.1 Å². The summed E-state index contributed by atoms with van der Waals surface area (Å²) in [6, 6.07) is 4.83. The van der Waals surface area contributed by atoms with Crippen LogP contribution in [0.1, 0.15) is 40.1 Å². The van der Waals surface area contributed by atoms with Crippen LogP contribution in [0.4, 0.5) is 0 Å². The maximum Gasteiger partial charge on any atom is 0.248 e. The molecule has 0 saturated carbocycles. The Morgan fingerprint density at radius 2 is 1.50 bits per heavy atom. The highest BCUT2D eigenvalue weighted by Gasteiger charge is 2.09. The lowest BCUT2D eigenvalue weighted by atomic mass is 9.98. The Bertz CT molecular complexity index is 393. The van der Waals surface area contributed by atoms with Crippen molar-refractivity contribution in [2.45, 2.75) is 20.3 Å². The molecule has 86 valence electrons. The van der Waals surface area contributed by atoms with Crippen LogP contribution in [0, 0.1) is 5.92 Å². The molecule has 16 heavy (non-hydrogen) atoms. The molecular formula is C12H16N2O2. The van der Waals surface area contributed by atoms with Gasteiger partial charge in [0.25, 0.3) is 0 Å². The molecule has 0 unspecified atom stereocenters. The zero-order valence-corrected chi connectivity index (χ0v) is 9.49. The van der Waals surface area contributed by atoms with E-state index in [1.807, 2.05) is 0 Å². The Balaban J connectivity index is 3.18. The number of hydrogen-bond acceptors (Lipinski definition) is 2. The van der Waals surface area contributed by atoms with Crippen LogP contribution >= 0.6 is 0 Å². The third-order valence-electron chi connectivity index (χ3n) is 2.21. The molecule has 1 aromatic rings. The zero-order chi connectivity index (χ0) is 12.3. The lowest BCUT2D eigenvalue weighted by Crippen LogP contribution is -2.16. The molecule has 0 aliphatic carbocycles. The molecule has 1 rings (SSSR count). The summed E-state index contributed by atoms with van der Waals surface area (Å²) in [5.41, 5.74) is 11.9. The van der Waals surface area contributed by atoms with Crippen molar-refractivity contribution in [3.63, 3.8) is 0 Å². The van der Waals surface area contributed by atoms with Crippen molar-refractivity contribution in [2.75, 3.05) is 0 Å². The van der Waals surface area contributed by atoms with Crippen molar-refractivity contribution < 1.29 is 9.59 Å². The van der Waals surface area contributed by atoms with E-state index in [9.17, 15) is 9.59 Å². The summed E-state index contributed by atoms with van der Waals surface area (Å²) in [6.45, 7) is 4.11. The van der Waals surface area contributed by atoms with Crippen molar-refractivity contribution in [2.24, 2.45) is 17.4 Å². The average Bonchev–Trinajstić information content (AvgIpc) is 2.15. The third kappa shape index (κ3) is 3.08. The normalized spacial score (nSPS) is 10.4. The van der Waals surface area contributed by atoms with Crippen molar-refractivity contribution >= 4 is 11.8 Å². The quantitative estimate of drug-likeness (QED) is 0.795. The van der Waals surface area contributed by atoms with Gasteiger partial charge < -0.3 is 11.5 Å². The fraction of sp³-hybridized carbons (Fsp3) is 0.333. The van der Waals surface area contributed by atoms with Crippen molar-refractivity contribution in [3.8, 4) is 0 Å². The van der Waals surface area contributed by atoms with Gasteiger partial charge in [-0.1, -0.05) is 13.8 Å². The third-order valence-corrected chi connectivity index (χ3v) is 2.21. The van der Waals surface area contributed by atoms with Gasteiger partial charge in [0.2, 0.25) is 11.8 Å². The first-order valence-electron chi connectivity index (χ1n) is 5.13. The van der Waals surface area contributed by atoms with E-state index >= 15 is 0 Å². The number of hydrogen-bond donors (Lipinski definition) is 2. The summed E-state index contributed by atoms with van der Waals surface area (Å²) in [7, 11) is 0. The number of nitrogens with two attached hydrogens (primary N) is 2. The van der Waals surface area contributed by atoms with Gasteiger partial charge in [0.05, 0.1) is 0 Å². The molecule has 0 heterocycles. The average molecular weight is 220 g/mol. The molecule has 0 aliphatic heterocycles. The molecule has 0 bridgehead atoms. The predicted octanol–water partition coefficient (Wildman–Crippen LogP) is 1.08. The van der Waals surface area contributed by atoms with E-state index in [4.69, 9.17) is 11.5 Å². The Kier molecular flexibility index (Phi) is 3.66. The highest BCUT2D eigenvalue weighted by molar-refractivity contribution is 5.98. The number of primary amides is 2. The Labute approximate surface area is 94.6 Å². The minimum Gasteiger partial charge on any atom is -0.366 e. The SMILES string of the molecule is CC(C)Cc1cc(C(N)=O)cc(C(N)=O)c1. The van der Waals surface area contributed by atoms with Crippen LogP contribution in [0.3, 0.4) is 0 Å². The van der Waals surface area contributed by atoms with E-state index in [-0.39, 0.29) is 0 Å². The molecule has 2 amide bonds. The predicted molar refractivity (Wildman–Crippen MR) is 62.0 cm³/mol. The van der Waals surface area contributed by atoms with E-state index in [0.717, 1.165) is 12.0 Å². The van der Waals surface area contributed by atoms with Crippen LogP contribution in [-0.4, -0.2) is 11.8 Å². The lowest BCUT2D eigenvalue weighted by Gasteiger charge is -2.08. The van der Waals surface area contributed by atoms with E-state index < -0.39 is 11.8 Å². The Morgan fingerprint density at radius 3 is 1.81 bits per heavy atom. The van der Waals surface area contributed by atoms with Gasteiger partial charge >= 0.3 is 0 Å². The minimum absolute atomic E-state index is 0.326. The first kappa shape index (κ1) is 12.2. The summed E-state index contributed by atoms with van der Waals surface area (Å²) in [4.78, 5) is 22.2. The molecule has 0 aliphatic rings. The van der Waals surface area contributed by atoms with Crippen LogP contribution < -0.4 is 11.5 Å². The van der Waals surface area contributed by atoms with Gasteiger partial charge in [-0.05, 0) is 36.1 Å². The molecule has 0 aromatic heterocycles. The van der Waals surface area contributed by atoms with Crippen molar-refractivity contribution in [3.05, 3.63) is 34.9 Å². The zero-order valence-electron chi connectivity index (χ0n) is 9.49. The summed E-state index contributed by atoms with van der Waals surface area (Å²) >= 11 is 0. The van der Waals surface area contributed by atoms with Crippen LogP contribution in [0.2, 0.25) is 0 Å². The molecule has 4 N–H and O–H groups in total. The standard InChI is InChI=1S/C12H16N2O2/c1-7(2)3-8-4-9(11(13)15)6-10(5-8)12(14)16/h4-7H,3H2,1-2H3,(H2,13,15)(H2,14,16). The fourth-order valence-corrected chi connectivity index (χ4v) is 1.57. The second-order valence-corrected chi connectivity index (χ2v) is 4.25. The minimum atomic E-state index is -0.548. The van der Waals surface area contributed by atoms with Crippen LogP contribution in [0.5, 0.6) is 0 Å². The molecule has 0 atom stereocenters. The van der Waals surface area contributed by atoms with Crippen molar-refractivity contribution in [1.29, 1.82) is 0 Å². The highest BCUT2D eigenvalue weighted by Crippen LogP contribution is 2.14. The summed E-state index contributed by atoms with van der Waals surface area (Å²) in [5.74, 6) is -0.662. The Morgan fingerprint density at radius 1 is 1.06 bits per heavy atom. The lowest BCUT2D eigenvalue weighted by molar-refractivity contribution is 0.0999. The van der Waals surface area contributed by atoms with Gasteiger partial charge in [-0.3, -0.25) is 9.59 Å². The van der Waals surface area contributed by atoms with Gasteiger partial charge in [-0.2, -0.15) is 0 Å². The van der Waals surface area contributed by atoms with Gasteiger partial charge in [0.1, 0.15) is 0 Å². The van der Waals surface area contributed by atoms with Crippen LogP contribution in [0.15, 0.2) is 18.2 Å².